The fourth-order valence-corrected chi connectivity index (χ4v) is 3.70. The van der Waals surface area contributed by atoms with Crippen LogP contribution in [0.3, 0.4) is 0 Å². The minimum Gasteiger partial charge on any atom is -0.0632 e. The first kappa shape index (κ1) is 12.1. The van der Waals surface area contributed by atoms with Gasteiger partial charge in [-0.3, -0.25) is 0 Å². The smallest absolute Gasteiger partial charge is 0.0632 e. The molecule has 87 valence electrons. The molecular weight excluding hydrogens is 220 g/mol. The van der Waals surface area contributed by atoms with Crippen LogP contribution in [0.25, 0.3) is 0 Å². The molecule has 0 saturated heterocycles. The van der Waals surface area contributed by atoms with Gasteiger partial charge in [-0.25, -0.2) is 0 Å². The van der Waals surface area contributed by atoms with Crippen LogP contribution >= 0.6 is 0 Å². The summed E-state index contributed by atoms with van der Waals surface area (Å²) in [5, 5.41) is 2.98. The summed E-state index contributed by atoms with van der Waals surface area (Å²) < 4.78 is 0. The van der Waals surface area contributed by atoms with Crippen LogP contribution in [0, 0.1) is 0 Å². The zero-order chi connectivity index (χ0) is 12.3. The average Bonchev–Trinajstić information content (AvgIpc) is 2.30. The van der Waals surface area contributed by atoms with Crippen LogP contribution in [-0.4, -0.2) is 9.52 Å². The monoisotopic (exact) mass is 239 g/mol. The first-order chi connectivity index (χ1) is 8.07. The molecule has 2 rings (SSSR count). The van der Waals surface area contributed by atoms with Crippen molar-refractivity contribution in [3.05, 3.63) is 60.2 Å². The van der Waals surface area contributed by atoms with E-state index >= 15 is 0 Å². The average molecular weight is 239 g/mol. The Morgan fingerprint density at radius 2 is 1.35 bits per heavy atom. The van der Waals surface area contributed by atoms with Gasteiger partial charge in [-0.15, -0.1) is 0 Å². The molecule has 0 N–H and O–H groups in total. The Hall–Kier alpha value is -1.34. The van der Waals surface area contributed by atoms with E-state index in [-0.39, 0.29) is 14.9 Å². The lowest BCUT2D eigenvalue weighted by atomic mass is 9.87. The highest BCUT2D eigenvalue weighted by Gasteiger charge is 2.17. The normalized spacial score (nSPS) is 11.5. The molecule has 0 amide bonds. The van der Waals surface area contributed by atoms with Gasteiger partial charge >= 0.3 is 0 Å². The van der Waals surface area contributed by atoms with E-state index in [1.165, 1.54) is 15.9 Å². The van der Waals surface area contributed by atoms with Crippen molar-refractivity contribution in [2.24, 2.45) is 0 Å². The summed E-state index contributed by atoms with van der Waals surface area (Å²) in [6, 6.07) is 19.6. The number of benzene rings is 2. The lowest BCUT2D eigenvalue weighted by Crippen LogP contribution is -2.33. The fourth-order valence-electron chi connectivity index (χ4n) is 2.03. The van der Waals surface area contributed by atoms with Crippen molar-refractivity contribution in [3.8, 4) is 0 Å². The number of rotatable bonds is 2. The molecule has 2 aromatic rings. The third kappa shape index (κ3) is 3.07. The summed E-state index contributed by atoms with van der Waals surface area (Å²) >= 11 is 0. The minimum atomic E-state index is 0.203. The van der Waals surface area contributed by atoms with Crippen molar-refractivity contribution in [2.75, 3.05) is 0 Å². The van der Waals surface area contributed by atoms with E-state index in [0.717, 1.165) is 0 Å². The molecule has 17 heavy (non-hydrogen) atoms. The van der Waals surface area contributed by atoms with Gasteiger partial charge in [-0.1, -0.05) is 85.7 Å². The highest BCUT2D eigenvalue weighted by molar-refractivity contribution is 6.67. The van der Waals surface area contributed by atoms with Crippen molar-refractivity contribution in [1.82, 2.24) is 0 Å². The second-order valence-corrected chi connectivity index (χ2v) is 6.97. The SMILES string of the molecule is CC(C)(C)c1ccccc1[SiH]c1ccccc1. The molecule has 0 aromatic heterocycles. The quantitative estimate of drug-likeness (QED) is 0.706. The van der Waals surface area contributed by atoms with Crippen molar-refractivity contribution < 1.29 is 0 Å². The van der Waals surface area contributed by atoms with Crippen LogP contribution < -0.4 is 10.4 Å². The van der Waals surface area contributed by atoms with Crippen molar-refractivity contribution in [3.63, 3.8) is 0 Å². The third-order valence-corrected chi connectivity index (χ3v) is 4.42. The maximum atomic E-state index is 2.29. The summed E-state index contributed by atoms with van der Waals surface area (Å²) in [5.74, 6) is 0. The van der Waals surface area contributed by atoms with E-state index in [4.69, 9.17) is 0 Å². The molecule has 0 atom stereocenters. The molecule has 0 saturated carbocycles. The van der Waals surface area contributed by atoms with Crippen molar-refractivity contribution >= 4 is 19.9 Å². The van der Waals surface area contributed by atoms with E-state index in [1.54, 1.807) is 0 Å². The van der Waals surface area contributed by atoms with Gasteiger partial charge in [0.1, 0.15) is 9.52 Å². The molecule has 0 aliphatic rings. The summed E-state index contributed by atoms with van der Waals surface area (Å²) in [6.45, 7) is 6.86. The highest BCUT2D eigenvalue weighted by atomic mass is 28.2. The van der Waals surface area contributed by atoms with Gasteiger partial charge in [-0.2, -0.15) is 0 Å². The summed E-state index contributed by atoms with van der Waals surface area (Å²) in [6.07, 6.45) is 0. The van der Waals surface area contributed by atoms with Crippen LogP contribution in [-0.2, 0) is 5.41 Å². The van der Waals surface area contributed by atoms with Gasteiger partial charge in [0, 0.05) is 0 Å². The lowest BCUT2D eigenvalue weighted by molar-refractivity contribution is 0.594. The van der Waals surface area contributed by atoms with E-state index in [2.05, 4.69) is 75.4 Å². The first-order valence-corrected chi connectivity index (χ1v) is 7.22. The second-order valence-electron chi connectivity index (χ2n) is 5.39. The first-order valence-electron chi connectivity index (χ1n) is 6.07. The predicted octanol–water partition coefficient (Wildman–Crippen LogP) is 2.37. The largest absolute Gasteiger partial charge is 0.103 e. The number of hydrogen-bond acceptors (Lipinski definition) is 0. The standard InChI is InChI=1S/C16H19Si/c1-16(2,3)14-11-7-8-12-15(14)17-13-9-5-4-6-10-13/h4-12,17H,1-3H3. The van der Waals surface area contributed by atoms with Gasteiger partial charge < -0.3 is 0 Å². The van der Waals surface area contributed by atoms with E-state index in [9.17, 15) is 0 Å². The van der Waals surface area contributed by atoms with E-state index < -0.39 is 0 Å². The van der Waals surface area contributed by atoms with Crippen LogP contribution in [0.1, 0.15) is 26.3 Å². The summed E-state index contributed by atoms with van der Waals surface area (Å²) in [4.78, 5) is 0. The Morgan fingerprint density at radius 1 is 0.765 bits per heavy atom. The Kier molecular flexibility index (Phi) is 3.48. The van der Waals surface area contributed by atoms with Gasteiger partial charge in [0.2, 0.25) is 0 Å². The van der Waals surface area contributed by atoms with Gasteiger partial charge in [0.05, 0.1) is 0 Å². The molecule has 0 aliphatic heterocycles. The Balaban J connectivity index is 2.34. The Bertz CT molecular complexity index is 480. The Morgan fingerprint density at radius 3 is 2.00 bits per heavy atom. The second kappa shape index (κ2) is 4.88. The minimum absolute atomic E-state index is 0.203. The topological polar surface area (TPSA) is 0 Å². The molecular formula is C16H19Si. The maximum absolute atomic E-state index is 2.29. The van der Waals surface area contributed by atoms with Gasteiger partial charge in [0.15, 0.2) is 0 Å². The molecule has 2 aromatic carbocycles. The molecule has 0 fully saturated rings. The van der Waals surface area contributed by atoms with E-state index in [0.29, 0.717) is 0 Å². The van der Waals surface area contributed by atoms with Crippen LogP contribution in [0.5, 0.6) is 0 Å². The maximum Gasteiger partial charge on any atom is 0.103 e. The summed E-state index contributed by atoms with van der Waals surface area (Å²) in [7, 11) is 0.203. The third-order valence-electron chi connectivity index (χ3n) is 2.89. The molecule has 1 radical (unpaired) electrons. The highest BCUT2D eigenvalue weighted by Crippen LogP contribution is 2.19. The number of hydrogen-bond donors (Lipinski definition) is 0. The summed E-state index contributed by atoms with van der Waals surface area (Å²) in [5.41, 5.74) is 1.72. The van der Waals surface area contributed by atoms with Crippen LogP contribution in [0.15, 0.2) is 54.6 Å². The molecule has 0 bridgehead atoms. The zero-order valence-electron chi connectivity index (χ0n) is 10.8. The van der Waals surface area contributed by atoms with Crippen LogP contribution in [0.2, 0.25) is 0 Å². The fraction of sp³-hybridized carbons (Fsp3) is 0.250. The predicted molar refractivity (Wildman–Crippen MR) is 78.0 cm³/mol. The molecule has 0 unspecified atom stereocenters. The molecule has 0 heterocycles. The Labute approximate surface area is 107 Å². The lowest BCUT2D eigenvalue weighted by Gasteiger charge is -2.22. The van der Waals surface area contributed by atoms with Gasteiger partial charge in [0.25, 0.3) is 0 Å². The van der Waals surface area contributed by atoms with Crippen molar-refractivity contribution in [1.29, 1.82) is 0 Å². The molecule has 0 aliphatic carbocycles. The zero-order valence-corrected chi connectivity index (χ0v) is 11.9. The van der Waals surface area contributed by atoms with Gasteiger partial charge in [-0.05, 0) is 11.0 Å². The van der Waals surface area contributed by atoms with Crippen molar-refractivity contribution in [2.45, 2.75) is 26.2 Å². The van der Waals surface area contributed by atoms with E-state index in [1.807, 2.05) is 0 Å². The molecule has 0 nitrogen and oxygen atoms in total. The molecule has 1 heteroatoms. The van der Waals surface area contributed by atoms with Crippen LogP contribution in [0.4, 0.5) is 0 Å². The molecule has 0 spiro atoms.